The first kappa shape index (κ1) is 15.8. The normalized spacial score (nSPS) is 10.6. The Morgan fingerprint density at radius 1 is 1.00 bits per heavy atom. The number of rotatable bonds is 10. The average Bonchev–Trinajstić information content (AvgIpc) is 2.43. The van der Waals surface area contributed by atoms with Gasteiger partial charge in [0, 0.05) is 24.5 Å². The second kappa shape index (κ2) is 9.68. The summed E-state index contributed by atoms with van der Waals surface area (Å²) >= 11 is 0. The van der Waals surface area contributed by atoms with Gasteiger partial charge in [0.05, 0.1) is 0 Å². The van der Waals surface area contributed by atoms with Gasteiger partial charge in [-0.15, -0.1) is 0 Å². The van der Waals surface area contributed by atoms with E-state index >= 15 is 0 Å². The lowest BCUT2D eigenvalue weighted by molar-refractivity contribution is 0.593. The van der Waals surface area contributed by atoms with Crippen molar-refractivity contribution in [1.29, 1.82) is 0 Å². The molecule has 1 aromatic carbocycles. The summed E-state index contributed by atoms with van der Waals surface area (Å²) in [7, 11) is 0. The van der Waals surface area contributed by atoms with Crippen LogP contribution in [0.5, 0.6) is 0 Å². The lowest BCUT2D eigenvalue weighted by Gasteiger charge is -2.23. The zero-order valence-corrected chi connectivity index (χ0v) is 12.5. The van der Waals surface area contributed by atoms with Crippen LogP contribution in [0.1, 0.15) is 39.5 Å². The second-order valence-corrected chi connectivity index (χ2v) is 4.94. The molecular formula is C16H29N3. The fraction of sp³-hybridized carbons (Fsp3) is 0.625. The van der Waals surface area contributed by atoms with E-state index in [1.165, 1.54) is 31.4 Å². The molecule has 0 aromatic heterocycles. The van der Waals surface area contributed by atoms with E-state index in [9.17, 15) is 0 Å². The molecule has 0 bridgehead atoms. The van der Waals surface area contributed by atoms with Gasteiger partial charge in [0.15, 0.2) is 0 Å². The Morgan fingerprint density at radius 3 is 2.32 bits per heavy atom. The van der Waals surface area contributed by atoms with Crippen molar-refractivity contribution in [3.8, 4) is 0 Å². The summed E-state index contributed by atoms with van der Waals surface area (Å²) in [5.74, 6) is 0. The third-order valence-corrected chi connectivity index (χ3v) is 3.42. The van der Waals surface area contributed by atoms with Gasteiger partial charge in [-0.2, -0.15) is 0 Å². The van der Waals surface area contributed by atoms with Crippen LogP contribution < -0.4 is 16.0 Å². The molecule has 0 unspecified atom stereocenters. The molecule has 1 rings (SSSR count). The van der Waals surface area contributed by atoms with Gasteiger partial charge >= 0.3 is 0 Å². The quantitative estimate of drug-likeness (QED) is 0.503. The second-order valence-electron chi connectivity index (χ2n) is 4.94. The number of nitrogen functional groups attached to an aromatic ring is 1. The van der Waals surface area contributed by atoms with Crippen LogP contribution in [0, 0.1) is 0 Å². The smallest absolute Gasteiger partial charge is 0.0367 e. The van der Waals surface area contributed by atoms with Crippen LogP contribution in [0.15, 0.2) is 24.3 Å². The molecule has 0 aliphatic heterocycles. The summed E-state index contributed by atoms with van der Waals surface area (Å²) < 4.78 is 0. The molecule has 108 valence electrons. The Balaban J connectivity index is 2.20. The Bertz CT molecular complexity index is 321. The summed E-state index contributed by atoms with van der Waals surface area (Å²) in [5.41, 5.74) is 7.84. The van der Waals surface area contributed by atoms with Crippen LogP contribution >= 0.6 is 0 Å². The van der Waals surface area contributed by atoms with E-state index in [2.05, 4.69) is 36.2 Å². The molecule has 0 spiro atoms. The highest BCUT2D eigenvalue weighted by Gasteiger charge is 2.03. The molecule has 3 heteroatoms. The van der Waals surface area contributed by atoms with E-state index in [1.54, 1.807) is 0 Å². The van der Waals surface area contributed by atoms with Crippen LogP contribution in [-0.2, 0) is 0 Å². The molecule has 0 amide bonds. The molecule has 0 aliphatic carbocycles. The highest BCUT2D eigenvalue weighted by molar-refractivity contribution is 5.52. The molecule has 0 saturated heterocycles. The van der Waals surface area contributed by atoms with Crippen LogP contribution in [0.2, 0.25) is 0 Å². The van der Waals surface area contributed by atoms with Gasteiger partial charge in [-0.05, 0) is 57.1 Å². The monoisotopic (exact) mass is 263 g/mol. The first-order valence-electron chi connectivity index (χ1n) is 7.59. The minimum atomic E-state index is 0.836. The molecule has 0 aliphatic rings. The average molecular weight is 263 g/mol. The zero-order valence-electron chi connectivity index (χ0n) is 12.5. The summed E-state index contributed by atoms with van der Waals surface area (Å²) in [6.45, 7) is 8.81. The molecule has 3 nitrogen and oxygen atoms in total. The maximum atomic E-state index is 5.72. The number of nitrogens with zero attached hydrogens (tertiary/aromatic N) is 1. The van der Waals surface area contributed by atoms with Gasteiger partial charge in [-0.1, -0.05) is 19.8 Å². The van der Waals surface area contributed by atoms with Gasteiger partial charge in [-0.3, -0.25) is 0 Å². The molecular weight excluding hydrogens is 234 g/mol. The van der Waals surface area contributed by atoms with Crippen molar-refractivity contribution < 1.29 is 0 Å². The third-order valence-electron chi connectivity index (χ3n) is 3.42. The van der Waals surface area contributed by atoms with Crippen LogP contribution in [0.3, 0.4) is 0 Å². The Hall–Kier alpha value is -1.22. The summed E-state index contributed by atoms with van der Waals surface area (Å²) in [6.07, 6.45) is 5.20. The Morgan fingerprint density at radius 2 is 1.68 bits per heavy atom. The van der Waals surface area contributed by atoms with E-state index in [0.29, 0.717) is 0 Å². The summed E-state index contributed by atoms with van der Waals surface area (Å²) in [6, 6.07) is 8.19. The van der Waals surface area contributed by atoms with Gasteiger partial charge in [0.25, 0.3) is 0 Å². The first-order valence-corrected chi connectivity index (χ1v) is 7.59. The number of hydrogen-bond acceptors (Lipinski definition) is 3. The highest BCUT2D eigenvalue weighted by Crippen LogP contribution is 2.16. The van der Waals surface area contributed by atoms with Crippen molar-refractivity contribution in [3.63, 3.8) is 0 Å². The van der Waals surface area contributed by atoms with E-state index in [1.807, 2.05) is 12.1 Å². The minimum absolute atomic E-state index is 0.836. The standard InChI is InChI=1S/C16H29N3/c1-3-18-13-7-5-6-8-14-19(4-2)16-11-9-15(17)10-12-16/h9-12,18H,3-8,13-14,17H2,1-2H3. The number of unbranched alkanes of at least 4 members (excludes halogenated alkanes) is 3. The van der Waals surface area contributed by atoms with Crippen molar-refractivity contribution in [1.82, 2.24) is 5.32 Å². The SMILES string of the molecule is CCNCCCCCCN(CC)c1ccc(N)cc1. The number of nitrogens with two attached hydrogens (primary N) is 1. The number of nitrogens with one attached hydrogen (secondary N) is 1. The van der Waals surface area contributed by atoms with Crippen LogP contribution in [-0.4, -0.2) is 26.2 Å². The Labute approximate surface area is 118 Å². The minimum Gasteiger partial charge on any atom is -0.399 e. The molecule has 0 heterocycles. The van der Waals surface area contributed by atoms with Crippen molar-refractivity contribution in [2.24, 2.45) is 0 Å². The Kier molecular flexibility index (Phi) is 8.07. The van der Waals surface area contributed by atoms with Crippen LogP contribution in [0.25, 0.3) is 0 Å². The largest absolute Gasteiger partial charge is 0.399 e. The van der Waals surface area contributed by atoms with E-state index in [4.69, 9.17) is 5.73 Å². The predicted molar refractivity (Wildman–Crippen MR) is 85.8 cm³/mol. The molecule has 0 atom stereocenters. The summed E-state index contributed by atoms with van der Waals surface area (Å²) in [5, 5.41) is 3.37. The lowest BCUT2D eigenvalue weighted by atomic mass is 10.1. The first-order chi connectivity index (χ1) is 9.27. The molecule has 1 aromatic rings. The van der Waals surface area contributed by atoms with Crippen LogP contribution in [0.4, 0.5) is 11.4 Å². The van der Waals surface area contributed by atoms with Gasteiger partial charge in [0.2, 0.25) is 0 Å². The highest BCUT2D eigenvalue weighted by atomic mass is 15.1. The lowest BCUT2D eigenvalue weighted by Crippen LogP contribution is -2.23. The molecule has 0 fully saturated rings. The number of anilines is 2. The third kappa shape index (κ3) is 6.48. The summed E-state index contributed by atoms with van der Waals surface area (Å²) in [4.78, 5) is 2.42. The van der Waals surface area contributed by atoms with Crippen molar-refractivity contribution in [3.05, 3.63) is 24.3 Å². The predicted octanol–water partition coefficient (Wildman–Crippen LogP) is 3.27. The fourth-order valence-electron chi connectivity index (χ4n) is 2.24. The molecule has 0 saturated carbocycles. The van der Waals surface area contributed by atoms with Crippen molar-refractivity contribution in [2.45, 2.75) is 39.5 Å². The van der Waals surface area contributed by atoms with Gasteiger partial charge in [0.1, 0.15) is 0 Å². The zero-order chi connectivity index (χ0) is 13.9. The van der Waals surface area contributed by atoms with E-state index < -0.39 is 0 Å². The van der Waals surface area contributed by atoms with Gasteiger partial charge < -0.3 is 16.0 Å². The van der Waals surface area contributed by atoms with Gasteiger partial charge in [-0.25, -0.2) is 0 Å². The molecule has 19 heavy (non-hydrogen) atoms. The molecule has 3 N–H and O–H groups in total. The fourth-order valence-corrected chi connectivity index (χ4v) is 2.24. The van der Waals surface area contributed by atoms with E-state index in [0.717, 1.165) is 31.9 Å². The maximum absolute atomic E-state index is 5.72. The maximum Gasteiger partial charge on any atom is 0.0367 e. The number of hydrogen-bond donors (Lipinski definition) is 2. The molecule has 0 radical (unpaired) electrons. The topological polar surface area (TPSA) is 41.3 Å². The van der Waals surface area contributed by atoms with Crippen molar-refractivity contribution >= 4 is 11.4 Å². The number of benzene rings is 1. The van der Waals surface area contributed by atoms with Crippen molar-refractivity contribution in [2.75, 3.05) is 36.8 Å². The van der Waals surface area contributed by atoms with E-state index in [-0.39, 0.29) is 0 Å².